The van der Waals surface area contributed by atoms with Crippen LogP contribution in [0.5, 0.6) is 10.9 Å². The summed E-state index contributed by atoms with van der Waals surface area (Å²) in [5.41, 5.74) is 0.848. The van der Waals surface area contributed by atoms with Gasteiger partial charge in [-0.25, -0.2) is 0 Å². The normalized spacial score (nSPS) is 10.6. The monoisotopic (exact) mass is 306 g/mol. The summed E-state index contributed by atoms with van der Waals surface area (Å²) in [4.78, 5) is 8.52. The number of thiazole rings is 1. The molecule has 0 amide bonds. The van der Waals surface area contributed by atoms with Gasteiger partial charge in [-0.05, 0) is 28.1 Å². The molecule has 0 aliphatic rings. The number of hydrogen-bond donors (Lipinski definition) is 0. The fourth-order valence-corrected chi connectivity index (χ4v) is 2.64. The molecule has 5 heteroatoms. The summed E-state index contributed by atoms with van der Waals surface area (Å²) in [6, 6.07) is 9.76. The number of benzene rings is 1. The van der Waals surface area contributed by atoms with Crippen molar-refractivity contribution in [3.8, 4) is 10.9 Å². The van der Waals surface area contributed by atoms with Crippen LogP contribution in [0.15, 0.2) is 46.5 Å². The lowest BCUT2D eigenvalue weighted by Gasteiger charge is -2.04. The molecule has 0 saturated carbocycles. The Balaban J connectivity index is 2.05. The Morgan fingerprint density at radius 1 is 1.18 bits per heavy atom. The fourth-order valence-electron chi connectivity index (χ4n) is 1.54. The lowest BCUT2D eigenvalue weighted by atomic mass is 10.2. The second-order valence-corrected chi connectivity index (χ2v) is 5.00. The van der Waals surface area contributed by atoms with Crippen molar-refractivity contribution in [1.29, 1.82) is 0 Å². The lowest BCUT2D eigenvalue weighted by Crippen LogP contribution is -1.86. The van der Waals surface area contributed by atoms with Gasteiger partial charge in [-0.15, -0.1) is 0 Å². The molecule has 0 fully saturated rings. The maximum Gasteiger partial charge on any atom is 0.279 e. The Morgan fingerprint density at radius 2 is 2.06 bits per heavy atom. The summed E-state index contributed by atoms with van der Waals surface area (Å²) in [5, 5.41) is 3.55. The van der Waals surface area contributed by atoms with Crippen LogP contribution < -0.4 is 4.74 Å². The summed E-state index contributed by atoms with van der Waals surface area (Å²) in [7, 11) is 0. The number of aromatic nitrogens is 2. The molecule has 3 nitrogen and oxygen atoms in total. The maximum atomic E-state index is 5.73. The third-order valence-corrected chi connectivity index (χ3v) is 3.67. The summed E-state index contributed by atoms with van der Waals surface area (Å²) >= 11 is 4.74. The number of fused-ring (bicyclic) bond motifs is 1. The number of ether oxygens (including phenoxy) is 1. The van der Waals surface area contributed by atoms with Crippen molar-refractivity contribution in [2.75, 3.05) is 0 Å². The van der Waals surface area contributed by atoms with Crippen molar-refractivity contribution in [3.05, 3.63) is 46.5 Å². The second-order valence-electron chi connectivity index (χ2n) is 3.37. The van der Waals surface area contributed by atoms with E-state index in [-0.39, 0.29) is 0 Å². The minimum Gasteiger partial charge on any atom is -0.429 e. The van der Waals surface area contributed by atoms with Crippen LogP contribution in [0.25, 0.3) is 10.9 Å². The van der Waals surface area contributed by atoms with Crippen molar-refractivity contribution < 1.29 is 4.74 Å². The van der Waals surface area contributed by atoms with Crippen molar-refractivity contribution >= 4 is 38.2 Å². The van der Waals surface area contributed by atoms with E-state index in [2.05, 4.69) is 25.9 Å². The van der Waals surface area contributed by atoms with Gasteiger partial charge in [-0.1, -0.05) is 29.5 Å². The van der Waals surface area contributed by atoms with Crippen molar-refractivity contribution in [2.24, 2.45) is 0 Å². The van der Waals surface area contributed by atoms with Gasteiger partial charge < -0.3 is 4.74 Å². The molecule has 0 saturated heterocycles. The van der Waals surface area contributed by atoms with Crippen LogP contribution >= 0.6 is 27.3 Å². The smallest absolute Gasteiger partial charge is 0.279 e. The summed E-state index contributed by atoms with van der Waals surface area (Å²) in [6.07, 6.45) is 1.76. The quantitative estimate of drug-likeness (QED) is 0.710. The summed E-state index contributed by atoms with van der Waals surface area (Å²) < 4.78 is 6.51. The highest BCUT2D eigenvalue weighted by Gasteiger charge is 2.06. The Labute approximate surface area is 110 Å². The molecule has 0 bridgehead atoms. The molecule has 0 aliphatic heterocycles. The number of nitrogens with zero attached hydrogens (tertiary/aromatic N) is 2. The highest BCUT2D eigenvalue weighted by Crippen LogP contribution is 2.31. The minimum absolute atomic E-state index is 0.607. The molecular weight excluding hydrogens is 300 g/mol. The highest BCUT2D eigenvalue weighted by atomic mass is 79.9. The SMILES string of the molecule is Brc1csc(Oc2cccc3cccnc23)n1. The van der Waals surface area contributed by atoms with Crippen LogP contribution in [0.2, 0.25) is 0 Å². The number of halogens is 1. The number of para-hydroxylation sites is 1. The number of rotatable bonds is 2. The van der Waals surface area contributed by atoms with Gasteiger partial charge >= 0.3 is 0 Å². The summed E-state index contributed by atoms with van der Waals surface area (Å²) in [6.45, 7) is 0. The highest BCUT2D eigenvalue weighted by molar-refractivity contribution is 9.10. The van der Waals surface area contributed by atoms with Gasteiger partial charge in [0, 0.05) is 17.0 Å². The van der Waals surface area contributed by atoms with Gasteiger partial charge in [0.25, 0.3) is 5.19 Å². The third kappa shape index (κ3) is 2.16. The molecule has 0 radical (unpaired) electrons. The van der Waals surface area contributed by atoms with Crippen LogP contribution in [0.4, 0.5) is 0 Å². The molecule has 0 unspecified atom stereocenters. The van der Waals surface area contributed by atoms with Gasteiger partial charge in [0.2, 0.25) is 0 Å². The van der Waals surface area contributed by atoms with E-state index >= 15 is 0 Å². The first-order chi connectivity index (χ1) is 8.33. The minimum atomic E-state index is 0.607. The second kappa shape index (κ2) is 4.43. The first-order valence-corrected chi connectivity index (χ1v) is 6.63. The van der Waals surface area contributed by atoms with E-state index in [1.807, 2.05) is 35.7 Å². The molecule has 17 heavy (non-hydrogen) atoms. The summed E-state index contributed by atoms with van der Waals surface area (Å²) in [5.74, 6) is 0.727. The zero-order valence-electron chi connectivity index (χ0n) is 8.63. The Bertz CT molecular complexity index is 663. The molecule has 1 aromatic carbocycles. The zero-order chi connectivity index (χ0) is 11.7. The zero-order valence-corrected chi connectivity index (χ0v) is 11.0. The average Bonchev–Trinajstić information content (AvgIpc) is 2.75. The van der Waals surface area contributed by atoms with Crippen LogP contribution in [-0.2, 0) is 0 Å². The molecule has 2 aromatic heterocycles. The molecule has 3 aromatic rings. The van der Waals surface area contributed by atoms with Gasteiger partial charge in [0.1, 0.15) is 10.1 Å². The van der Waals surface area contributed by atoms with Crippen molar-refractivity contribution in [2.45, 2.75) is 0 Å². The Morgan fingerprint density at radius 3 is 2.88 bits per heavy atom. The topological polar surface area (TPSA) is 35.0 Å². The van der Waals surface area contributed by atoms with Crippen LogP contribution in [0.1, 0.15) is 0 Å². The molecule has 0 aliphatic carbocycles. The fraction of sp³-hybridized carbons (Fsp3) is 0. The first-order valence-electron chi connectivity index (χ1n) is 4.95. The third-order valence-electron chi connectivity index (χ3n) is 2.25. The van der Waals surface area contributed by atoms with E-state index in [0.717, 1.165) is 21.3 Å². The van der Waals surface area contributed by atoms with E-state index in [1.165, 1.54) is 11.3 Å². The molecule has 0 atom stereocenters. The van der Waals surface area contributed by atoms with E-state index in [0.29, 0.717) is 5.19 Å². The van der Waals surface area contributed by atoms with E-state index in [9.17, 15) is 0 Å². The predicted octanol–water partition coefficient (Wildman–Crippen LogP) is 4.25. The van der Waals surface area contributed by atoms with Crippen LogP contribution in [0.3, 0.4) is 0 Å². The molecule has 2 heterocycles. The van der Waals surface area contributed by atoms with Crippen molar-refractivity contribution in [3.63, 3.8) is 0 Å². The molecule has 0 N–H and O–H groups in total. The van der Waals surface area contributed by atoms with Gasteiger partial charge in [-0.3, -0.25) is 4.98 Å². The number of hydrogen-bond acceptors (Lipinski definition) is 4. The lowest BCUT2D eigenvalue weighted by molar-refractivity contribution is 0.482. The van der Waals surface area contributed by atoms with Crippen LogP contribution in [0, 0.1) is 0 Å². The Hall–Kier alpha value is -1.46. The van der Waals surface area contributed by atoms with E-state index in [1.54, 1.807) is 6.20 Å². The number of pyridine rings is 1. The average molecular weight is 307 g/mol. The maximum absolute atomic E-state index is 5.73. The van der Waals surface area contributed by atoms with Gasteiger partial charge in [0.15, 0.2) is 5.75 Å². The molecular formula is C12H7BrN2OS. The standard InChI is InChI=1S/C12H7BrN2OS/c13-10-7-17-12(15-10)16-9-5-1-3-8-4-2-6-14-11(8)9/h1-7H. The Kier molecular flexibility index (Phi) is 2.78. The van der Waals surface area contributed by atoms with Gasteiger partial charge in [-0.2, -0.15) is 4.98 Å². The molecule has 3 rings (SSSR count). The van der Waals surface area contributed by atoms with E-state index < -0.39 is 0 Å². The van der Waals surface area contributed by atoms with Gasteiger partial charge in [0.05, 0.1) is 0 Å². The largest absolute Gasteiger partial charge is 0.429 e. The molecule has 84 valence electrons. The van der Waals surface area contributed by atoms with Crippen molar-refractivity contribution in [1.82, 2.24) is 9.97 Å². The first kappa shape index (κ1) is 10.7. The molecule has 0 spiro atoms. The van der Waals surface area contributed by atoms with Crippen LogP contribution in [-0.4, -0.2) is 9.97 Å². The van der Waals surface area contributed by atoms with E-state index in [4.69, 9.17) is 4.74 Å². The predicted molar refractivity (Wildman–Crippen MR) is 71.6 cm³/mol.